The minimum Gasteiger partial charge on any atom is -0.343 e. The zero-order chi connectivity index (χ0) is 14.0. The smallest absolute Gasteiger partial charge is 0.245 e. The van der Waals surface area contributed by atoms with Gasteiger partial charge in [-0.25, -0.2) is 4.52 Å². The van der Waals surface area contributed by atoms with Crippen molar-refractivity contribution in [2.75, 3.05) is 18.5 Å². The average Bonchev–Trinajstić information content (AvgIpc) is 2.78. The highest BCUT2D eigenvalue weighted by atomic mass is 79.9. The third-order valence-corrected chi connectivity index (χ3v) is 3.75. The lowest BCUT2D eigenvalue weighted by Gasteiger charge is -2.20. The highest BCUT2D eigenvalue weighted by Gasteiger charge is 2.12. The van der Waals surface area contributed by atoms with Crippen LogP contribution in [0.5, 0.6) is 0 Å². The Bertz CT molecular complexity index is 551. The maximum atomic E-state index is 6.06. The van der Waals surface area contributed by atoms with Gasteiger partial charge in [-0.05, 0) is 40.4 Å². The zero-order valence-electron chi connectivity index (χ0n) is 11.5. The number of aromatic nitrogens is 3. The van der Waals surface area contributed by atoms with E-state index < -0.39 is 0 Å². The van der Waals surface area contributed by atoms with Gasteiger partial charge in [-0.15, -0.1) is 5.10 Å². The first-order valence-corrected chi connectivity index (χ1v) is 7.25. The molecule has 0 spiro atoms. The van der Waals surface area contributed by atoms with Crippen LogP contribution in [0.1, 0.15) is 20.3 Å². The average molecular weight is 326 g/mol. The molecule has 6 heteroatoms. The van der Waals surface area contributed by atoms with Gasteiger partial charge in [-0.2, -0.15) is 4.98 Å². The van der Waals surface area contributed by atoms with E-state index in [-0.39, 0.29) is 6.04 Å². The van der Waals surface area contributed by atoms with Gasteiger partial charge in [-0.3, -0.25) is 0 Å². The van der Waals surface area contributed by atoms with Gasteiger partial charge in [0, 0.05) is 30.3 Å². The number of hydrogen-bond acceptors (Lipinski definition) is 4. The fourth-order valence-electron chi connectivity index (χ4n) is 1.78. The highest BCUT2D eigenvalue weighted by molar-refractivity contribution is 9.10. The molecule has 0 radical (unpaired) electrons. The van der Waals surface area contributed by atoms with Crippen LogP contribution in [0.15, 0.2) is 22.8 Å². The van der Waals surface area contributed by atoms with Crippen molar-refractivity contribution in [3.8, 4) is 0 Å². The van der Waals surface area contributed by atoms with Crippen molar-refractivity contribution < 1.29 is 0 Å². The molecule has 0 amide bonds. The van der Waals surface area contributed by atoms with Gasteiger partial charge in [-0.1, -0.05) is 13.8 Å². The van der Waals surface area contributed by atoms with E-state index in [0.717, 1.165) is 29.0 Å². The first kappa shape index (κ1) is 14.3. The Labute approximate surface area is 121 Å². The standard InChI is InChI=1S/C13H20BrN5/c1-9(2)11(15)6-7-18(3)13-16-12-5-4-10(14)8-19(12)17-13/h4-5,8-9,11H,6-7,15H2,1-3H3. The zero-order valence-corrected chi connectivity index (χ0v) is 13.1. The van der Waals surface area contributed by atoms with E-state index >= 15 is 0 Å². The van der Waals surface area contributed by atoms with Crippen LogP contribution in [0.25, 0.3) is 5.65 Å². The Kier molecular flexibility index (Phi) is 4.42. The SMILES string of the molecule is CC(C)C(N)CCN(C)c1nc2ccc(Br)cn2n1. The first-order chi connectivity index (χ1) is 8.97. The van der Waals surface area contributed by atoms with Crippen molar-refractivity contribution in [1.82, 2.24) is 14.6 Å². The summed E-state index contributed by atoms with van der Waals surface area (Å²) in [6, 6.07) is 4.12. The molecule has 0 aromatic carbocycles. The molecule has 2 N–H and O–H groups in total. The van der Waals surface area contributed by atoms with E-state index in [4.69, 9.17) is 5.73 Å². The molecule has 2 heterocycles. The Balaban J connectivity index is 2.07. The number of nitrogens with two attached hydrogens (primary N) is 1. The Morgan fingerprint density at radius 2 is 2.16 bits per heavy atom. The number of anilines is 1. The maximum Gasteiger partial charge on any atom is 0.245 e. The topological polar surface area (TPSA) is 59.5 Å². The van der Waals surface area contributed by atoms with Gasteiger partial charge in [0.15, 0.2) is 5.65 Å². The first-order valence-electron chi connectivity index (χ1n) is 6.46. The van der Waals surface area contributed by atoms with Gasteiger partial charge < -0.3 is 10.6 Å². The number of nitrogens with zero attached hydrogens (tertiary/aromatic N) is 4. The van der Waals surface area contributed by atoms with Crippen molar-refractivity contribution in [3.63, 3.8) is 0 Å². The predicted octanol–water partition coefficient (Wildman–Crippen LogP) is 2.30. The largest absolute Gasteiger partial charge is 0.343 e. The molecule has 0 bridgehead atoms. The predicted molar refractivity (Wildman–Crippen MR) is 81.4 cm³/mol. The molecule has 0 aliphatic heterocycles. The lowest BCUT2D eigenvalue weighted by molar-refractivity contribution is 0.465. The summed E-state index contributed by atoms with van der Waals surface area (Å²) in [7, 11) is 2.00. The highest BCUT2D eigenvalue weighted by Crippen LogP contribution is 2.14. The summed E-state index contributed by atoms with van der Waals surface area (Å²) in [5, 5.41) is 4.46. The lowest BCUT2D eigenvalue weighted by Crippen LogP contribution is -2.32. The van der Waals surface area contributed by atoms with E-state index in [2.05, 4.69) is 39.9 Å². The van der Waals surface area contributed by atoms with Crippen molar-refractivity contribution in [3.05, 3.63) is 22.8 Å². The van der Waals surface area contributed by atoms with Crippen molar-refractivity contribution in [2.45, 2.75) is 26.3 Å². The van der Waals surface area contributed by atoms with Crippen LogP contribution in [0.3, 0.4) is 0 Å². The molecule has 104 valence electrons. The van der Waals surface area contributed by atoms with E-state index in [1.54, 1.807) is 4.52 Å². The van der Waals surface area contributed by atoms with Crippen LogP contribution < -0.4 is 10.6 Å². The van der Waals surface area contributed by atoms with Crippen molar-refractivity contribution >= 4 is 27.5 Å². The Morgan fingerprint density at radius 3 is 2.84 bits per heavy atom. The molecule has 2 rings (SSSR count). The van der Waals surface area contributed by atoms with Gasteiger partial charge in [0.05, 0.1) is 0 Å². The minimum absolute atomic E-state index is 0.216. The third-order valence-electron chi connectivity index (χ3n) is 3.28. The fourth-order valence-corrected chi connectivity index (χ4v) is 2.11. The molecule has 1 unspecified atom stereocenters. The van der Waals surface area contributed by atoms with Gasteiger partial charge >= 0.3 is 0 Å². The number of fused-ring (bicyclic) bond motifs is 1. The van der Waals surface area contributed by atoms with E-state index in [9.17, 15) is 0 Å². The molecular weight excluding hydrogens is 306 g/mol. The second-order valence-corrected chi connectivity index (χ2v) is 6.10. The number of hydrogen-bond donors (Lipinski definition) is 1. The molecule has 2 aromatic heterocycles. The van der Waals surface area contributed by atoms with Gasteiger partial charge in [0.25, 0.3) is 0 Å². The number of rotatable bonds is 5. The summed E-state index contributed by atoms with van der Waals surface area (Å²) in [6.45, 7) is 5.15. The molecule has 0 saturated heterocycles. The third kappa shape index (κ3) is 3.45. The van der Waals surface area contributed by atoms with Crippen molar-refractivity contribution in [1.29, 1.82) is 0 Å². The molecule has 0 aliphatic rings. The summed E-state index contributed by atoms with van der Waals surface area (Å²) in [6.07, 6.45) is 2.84. The number of halogens is 1. The fraction of sp³-hybridized carbons (Fsp3) is 0.538. The summed E-state index contributed by atoms with van der Waals surface area (Å²) in [5.74, 6) is 1.23. The second-order valence-electron chi connectivity index (χ2n) is 5.18. The summed E-state index contributed by atoms with van der Waals surface area (Å²) in [5.41, 5.74) is 6.90. The number of pyridine rings is 1. The summed E-state index contributed by atoms with van der Waals surface area (Å²) >= 11 is 3.43. The van der Waals surface area contributed by atoms with E-state index in [0.29, 0.717) is 5.92 Å². The van der Waals surface area contributed by atoms with Crippen molar-refractivity contribution in [2.24, 2.45) is 11.7 Å². The Morgan fingerprint density at radius 1 is 1.42 bits per heavy atom. The summed E-state index contributed by atoms with van der Waals surface area (Å²) < 4.78 is 2.76. The molecule has 0 saturated carbocycles. The van der Waals surface area contributed by atoms with Gasteiger partial charge in [0.2, 0.25) is 5.95 Å². The van der Waals surface area contributed by atoms with Crippen LogP contribution in [-0.2, 0) is 0 Å². The molecule has 0 fully saturated rings. The molecule has 19 heavy (non-hydrogen) atoms. The molecule has 1 atom stereocenters. The molecule has 5 nitrogen and oxygen atoms in total. The lowest BCUT2D eigenvalue weighted by atomic mass is 10.0. The second kappa shape index (κ2) is 5.88. The van der Waals surface area contributed by atoms with E-state index in [1.165, 1.54) is 0 Å². The maximum absolute atomic E-state index is 6.06. The Hall–Kier alpha value is -1.14. The van der Waals surface area contributed by atoms with Gasteiger partial charge in [0.1, 0.15) is 0 Å². The van der Waals surface area contributed by atoms with Crippen LogP contribution >= 0.6 is 15.9 Å². The normalized spacial score (nSPS) is 13.2. The van der Waals surface area contributed by atoms with Crippen LogP contribution in [0, 0.1) is 5.92 Å². The molecule has 2 aromatic rings. The van der Waals surface area contributed by atoms with Crippen LogP contribution in [0.4, 0.5) is 5.95 Å². The van der Waals surface area contributed by atoms with Crippen LogP contribution in [0.2, 0.25) is 0 Å². The quantitative estimate of drug-likeness (QED) is 0.916. The van der Waals surface area contributed by atoms with Crippen LogP contribution in [-0.4, -0.2) is 34.2 Å². The van der Waals surface area contributed by atoms with E-state index in [1.807, 2.05) is 30.3 Å². The monoisotopic (exact) mass is 325 g/mol. The molecular formula is C13H20BrN5. The summed E-state index contributed by atoms with van der Waals surface area (Å²) in [4.78, 5) is 6.54. The molecule has 0 aliphatic carbocycles. The minimum atomic E-state index is 0.216.